The Kier molecular flexibility index (Phi) is 28.3. The molecule has 8 nitrogen and oxygen atoms in total. The van der Waals surface area contributed by atoms with Crippen molar-refractivity contribution in [2.75, 3.05) is 39.6 Å². The van der Waals surface area contributed by atoms with Crippen LogP contribution in [0.5, 0.6) is 11.5 Å². The molecule has 8 heteroatoms. The van der Waals surface area contributed by atoms with Crippen LogP contribution in [0.25, 0.3) is 21.5 Å². The van der Waals surface area contributed by atoms with Gasteiger partial charge in [-0.3, -0.25) is 9.59 Å². The monoisotopic (exact) mass is 849 g/mol. The van der Waals surface area contributed by atoms with Crippen molar-refractivity contribution in [2.45, 2.75) is 201 Å². The van der Waals surface area contributed by atoms with Gasteiger partial charge in [0.1, 0.15) is 24.7 Å². The van der Waals surface area contributed by atoms with Crippen LogP contribution >= 0.6 is 0 Å². The van der Waals surface area contributed by atoms with Crippen molar-refractivity contribution in [3.63, 3.8) is 0 Å². The molecule has 0 saturated carbocycles. The standard InChI is InChI=1S/C53H84O8/c1-6-10-14-18-22-28-36-56-39-44(60-50(54)32-24-20-16-12-8-3)41-58-52-46-30-26-27-31-47(46)53(49-38-43(5)34-35-48(49)52)59-42-45(40-57-37-29-23-19-15-11-7-2)61-51(55)33-25-21-17-13-9-4/h26-27,30-31,34-35,38,44-45H,6-25,28-29,32-33,36-37,39-42H2,1-5H3. The highest BCUT2D eigenvalue weighted by atomic mass is 16.6. The summed E-state index contributed by atoms with van der Waals surface area (Å²) in [7, 11) is 0. The molecule has 2 atom stereocenters. The van der Waals surface area contributed by atoms with E-state index >= 15 is 0 Å². The number of esters is 2. The largest absolute Gasteiger partial charge is 0.488 e. The van der Waals surface area contributed by atoms with E-state index in [1.54, 1.807) is 0 Å². The average molecular weight is 849 g/mol. The summed E-state index contributed by atoms with van der Waals surface area (Å²) in [6, 6.07) is 14.4. The number of aryl methyl sites for hydroxylation is 1. The first-order valence-corrected chi connectivity index (χ1v) is 24.7. The minimum Gasteiger partial charge on any atom is -0.488 e. The van der Waals surface area contributed by atoms with E-state index in [0.717, 1.165) is 91.3 Å². The number of rotatable bonds is 38. The molecule has 2 unspecified atom stereocenters. The first-order chi connectivity index (χ1) is 29.9. The Morgan fingerprint density at radius 1 is 0.443 bits per heavy atom. The van der Waals surface area contributed by atoms with Crippen LogP contribution < -0.4 is 9.47 Å². The van der Waals surface area contributed by atoms with E-state index in [0.29, 0.717) is 37.6 Å². The molecule has 3 aromatic rings. The SMILES string of the molecule is CCCCCCCCOCC(COc1c2ccccc2c(OCC(COCCCCCCCC)OC(=O)CCCCCCC)c2cc(C)ccc12)OC(=O)CCCCCCC. The lowest BCUT2D eigenvalue weighted by Crippen LogP contribution is -2.30. The van der Waals surface area contributed by atoms with Gasteiger partial charge in [-0.25, -0.2) is 0 Å². The fourth-order valence-electron chi connectivity index (χ4n) is 7.74. The lowest BCUT2D eigenvalue weighted by Gasteiger charge is -2.23. The number of fused-ring (bicyclic) bond motifs is 2. The molecule has 0 amide bonds. The summed E-state index contributed by atoms with van der Waals surface area (Å²) in [5, 5.41) is 3.59. The van der Waals surface area contributed by atoms with Gasteiger partial charge in [-0.2, -0.15) is 0 Å². The lowest BCUT2D eigenvalue weighted by molar-refractivity contribution is -0.155. The Hall–Kier alpha value is -3.36. The lowest BCUT2D eigenvalue weighted by atomic mass is 9.99. The number of carbonyl (C=O) groups excluding carboxylic acids is 2. The van der Waals surface area contributed by atoms with Gasteiger partial charge in [0.15, 0.2) is 12.2 Å². The maximum absolute atomic E-state index is 13.1. The van der Waals surface area contributed by atoms with Gasteiger partial charge in [-0.1, -0.05) is 185 Å². The van der Waals surface area contributed by atoms with Crippen LogP contribution in [0, 0.1) is 6.92 Å². The first-order valence-electron chi connectivity index (χ1n) is 24.7. The average Bonchev–Trinajstić information content (AvgIpc) is 3.26. The Bertz CT molecular complexity index is 1600. The summed E-state index contributed by atoms with van der Waals surface area (Å²) < 4.78 is 37.8. The number of hydrogen-bond donors (Lipinski definition) is 0. The summed E-state index contributed by atoms with van der Waals surface area (Å²) in [6.45, 7) is 13.1. The highest BCUT2D eigenvalue weighted by Gasteiger charge is 2.23. The van der Waals surface area contributed by atoms with Gasteiger partial charge < -0.3 is 28.4 Å². The molecule has 0 aliphatic carbocycles. The van der Waals surface area contributed by atoms with Crippen LogP contribution in [0.15, 0.2) is 42.5 Å². The van der Waals surface area contributed by atoms with Gasteiger partial charge in [0.25, 0.3) is 0 Å². The number of carbonyl (C=O) groups is 2. The zero-order chi connectivity index (χ0) is 43.8. The van der Waals surface area contributed by atoms with Crippen LogP contribution in [-0.2, 0) is 28.5 Å². The number of hydrogen-bond acceptors (Lipinski definition) is 8. The molecule has 0 N–H and O–H groups in total. The Balaban J connectivity index is 1.80. The van der Waals surface area contributed by atoms with E-state index in [9.17, 15) is 9.59 Å². The van der Waals surface area contributed by atoms with Crippen LogP contribution in [-0.4, -0.2) is 63.8 Å². The molecule has 61 heavy (non-hydrogen) atoms. The summed E-state index contributed by atoms with van der Waals surface area (Å²) in [6.07, 6.45) is 24.6. The van der Waals surface area contributed by atoms with Gasteiger partial charge in [-0.05, 0) is 38.7 Å². The molecule has 0 aliphatic heterocycles. The quantitative estimate of drug-likeness (QED) is 0.0320. The van der Waals surface area contributed by atoms with Crippen molar-refractivity contribution < 1.29 is 38.0 Å². The Morgan fingerprint density at radius 3 is 1.26 bits per heavy atom. The van der Waals surface area contributed by atoms with E-state index < -0.39 is 12.2 Å². The molecule has 0 saturated heterocycles. The van der Waals surface area contributed by atoms with E-state index in [4.69, 9.17) is 28.4 Å². The van der Waals surface area contributed by atoms with E-state index in [2.05, 4.69) is 52.8 Å². The molecular weight excluding hydrogens is 765 g/mol. The van der Waals surface area contributed by atoms with Crippen molar-refractivity contribution >= 4 is 33.5 Å². The van der Waals surface area contributed by atoms with Crippen molar-refractivity contribution in [2.24, 2.45) is 0 Å². The molecular formula is C53H84O8. The van der Waals surface area contributed by atoms with Crippen LogP contribution in [0.1, 0.15) is 187 Å². The van der Waals surface area contributed by atoms with Gasteiger partial charge in [0.05, 0.1) is 13.2 Å². The van der Waals surface area contributed by atoms with Crippen molar-refractivity contribution in [3.8, 4) is 11.5 Å². The zero-order valence-corrected chi connectivity index (χ0v) is 39.2. The predicted molar refractivity (Wildman–Crippen MR) is 252 cm³/mol. The summed E-state index contributed by atoms with van der Waals surface area (Å²) in [4.78, 5) is 26.2. The van der Waals surface area contributed by atoms with E-state index in [1.807, 2.05) is 24.3 Å². The number of ether oxygens (including phenoxy) is 6. The summed E-state index contributed by atoms with van der Waals surface area (Å²) in [5.74, 6) is 1.02. The van der Waals surface area contributed by atoms with Crippen molar-refractivity contribution in [3.05, 3.63) is 48.0 Å². The third kappa shape index (κ3) is 21.5. The van der Waals surface area contributed by atoms with Gasteiger partial charge in [-0.15, -0.1) is 0 Å². The smallest absolute Gasteiger partial charge is 0.306 e. The molecule has 0 heterocycles. The van der Waals surface area contributed by atoms with Crippen molar-refractivity contribution in [1.29, 1.82) is 0 Å². The maximum atomic E-state index is 13.1. The van der Waals surface area contributed by atoms with E-state index in [1.165, 1.54) is 77.0 Å². The molecule has 344 valence electrons. The van der Waals surface area contributed by atoms with Gasteiger partial charge in [0.2, 0.25) is 0 Å². The number of benzene rings is 3. The highest BCUT2D eigenvalue weighted by molar-refractivity contribution is 6.11. The van der Waals surface area contributed by atoms with Crippen LogP contribution in [0.2, 0.25) is 0 Å². The Morgan fingerprint density at radius 2 is 0.820 bits per heavy atom. The topological polar surface area (TPSA) is 89.5 Å². The Labute approximate surface area is 370 Å². The molecule has 0 aromatic heterocycles. The summed E-state index contributed by atoms with van der Waals surface area (Å²) in [5.41, 5.74) is 1.08. The zero-order valence-electron chi connectivity index (χ0n) is 39.2. The number of unbranched alkanes of at least 4 members (excludes halogenated alkanes) is 18. The van der Waals surface area contributed by atoms with Crippen LogP contribution in [0.3, 0.4) is 0 Å². The minimum atomic E-state index is -0.545. The predicted octanol–water partition coefficient (Wildman–Crippen LogP) is 14.4. The second kappa shape index (κ2) is 33.2. The molecule has 0 bridgehead atoms. The normalized spacial score (nSPS) is 12.5. The first kappa shape index (κ1) is 52.0. The second-order valence-electron chi connectivity index (χ2n) is 17.1. The fraction of sp³-hybridized carbons (Fsp3) is 0.698. The third-order valence-electron chi connectivity index (χ3n) is 11.4. The molecule has 0 fully saturated rings. The van der Waals surface area contributed by atoms with Crippen molar-refractivity contribution in [1.82, 2.24) is 0 Å². The summed E-state index contributed by atoms with van der Waals surface area (Å²) >= 11 is 0. The molecule has 3 rings (SSSR count). The molecule has 3 aromatic carbocycles. The van der Waals surface area contributed by atoms with E-state index in [-0.39, 0.29) is 38.4 Å². The van der Waals surface area contributed by atoms with Crippen LogP contribution in [0.4, 0.5) is 0 Å². The maximum Gasteiger partial charge on any atom is 0.306 e. The fourth-order valence-corrected chi connectivity index (χ4v) is 7.74. The second-order valence-corrected chi connectivity index (χ2v) is 17.1. The van der Waals surface area contributed by atoms with Gasteiger partial charge >= 0.3 is 11.9 Å². The minimum absolute atomic E-state index is 0.164. The molecule has 0 radical (unpaired) electrons. The third-order valence-corrected chi connectivity index (χ3v) is 11.4. The highest BCUT2D eigenvalue weighted by Crippen LogP contribution is 2.43. The van der Waals surface area contributed by atoms with Gasteiger partial charge in [0, 0.05) is 47.6 Å². The molecule has 0 aliphatic rings. The molecule has 0 spiro atoms.